The first kappa shape index (κ1) is 21.0. The lowest BCUT2D eigenvalue weighted by Gasteiger charge is -2.46. The standard InChI is InChI=1S/C20H31N3O2.ClH/c1-4-9-19(2,21)18(24)22-16-14-20(10-12-23(3)13-11-20)25-17-8-6-5-7-15(16)17;/h5-8,16H,4,9-14,21H2,1-3H3,(H,22,24);1H. The lowest BCUT2D eigenvalue weighted by atomic mass is 9.80. The smallest absolute Gasteiger partial charge is 0.240 e. The number of piperidine rings is 1. The number of carbonyl (C=O) groups is 1. The number of para-hydroxylation sites is 1. The molecule has 3 rings (SSSR count). The number of rotatable bonds is 4. The zero-order chi connectivity index (χ0) is 18.1. The fourth-order valence-electron chi connectivity index (χ4n) is 4.04. The molecule has 146 valence electrons. The minimum atomic E-state index is -0.831. The molecule has 2 unspecified atom stereocenters. The van der Waals surface area contributed by atoms with Gasteiger partial charge in [-0.1, -0.05) is 31.5 Å². The zero-order valence-corrected chi connectivity index (χ0v) is 16.9. The van der Waals surface area contributed by atoms with Gasteiger partial charge in [-0.3, -0.25) is 4.79 Å². The second-order valence-corrected chi connectivity index (χ2v) is 8.02. The molecule has 2 heterocycles. The number of nitrogens with zero attached hydrogens (tertiary/aromatic N) is 1. The van der Waals surface area contributed by atoms with Gasteiger partial charge in [0.2, 0.25) is 5.91 Å². The molecular formula is C20H32ClN3O2. The monoisotopic (exact) mass is 381 g/mol. The molecule has 1 aromatic rings. The van der Waals surface area contributed by atoms with E-state index >= 15 is 0 Å². The fourth-order valence-corrected chi connectivity index (χ4v) is 4.04. The van der Waals surface area contributed by atoms with Gasteiger partial charge in [-0.25, -0.2) is 0 Å². The van der Waals surface area contributed by atoms with Crippen molar-refractivity contribution >= 4 is 18.3 Å². The van der Waals surface area contributed by atoms with E-state index in [0.717, 1.165) is 50.1 Å². The summed E-state index contributed by atoms with van der Waals surface area (Å²) in [7, 11) is 2.15. The van der Waals surface area contributed by atoms with Crippen LogP contribution >= 0.6 is 12.4 Å². The number of hydrogen-bond donors (Lipinski definition) is 2. The Hall–Kier alpha value is -1.30. The van der Waals surface area contributed by atoms with Crippen LogP contribution in [0.4, 0.5) is 0 Å². The van der Waals surface area contributed by atoms with Gasteiger partial charge in [0, 0.05) is 25.1 Å². The van der Waals surface area contributed by atoms with E-state index in [1.165, 1.54) is 0 Å². The molecular weight excluding hydrogens is 350 g/mol. The molecule has 0 aromatic heterocycles. The third-order valence-corrected chi connectivity index (χ3v) is 5.69. The summed E-state index contributed by atoms with van der Waals surface area (Å²) in [5.74, 6) is 0.831. The Balaban J connectivity index is 0.00000243. The summed E-state index contributed by atoms with van der Waals surface area (Å²) in [4.78, 5) is 15.1. The average Bonchev–Trinajstić information content (AvgIpc) is 2.58. The van der Waals surface area contributed by atoms with Crippen LogP contribution in [-0.4, -0.2) is 42.1 Å². The number of benzene rings is 1. The van der Waals surface area contributed by atoms with Crippen molar-refractivity contribution < 1.29 is 9.53 Å². The highest BCUT2D eigenvalue weighted by molar-refractivity contribution is 5.86. The van der Waals surface area contributed by atoms with E-state index in [1.807, 2.05) is 25.1 Å². The molecule has 1 spiro atoms. The first-order valence-electron chi connectivity index (χ1n) is 9.41. The van der Waals surface area contributed by atoms with Gasteiger partial charge in [0.1, 0.15) is 11.4 Å². The van der Waals surface area contributed by atoms with E-state index in [4.69, 9.17) is 10.5 Å². The molecule has 1 saturated heterocycles. The third-order valence-electron chi connectivity index (χ3n) is 5.69. The number of nitrogens with one attached hydrogen (secondary N) is 1. The van der Waals surface area contributed by atoms with Gasteiger partial charge in [0.05, 0.1) is 11.6 Å². The van der Waals surface area contributed by atoms with Crippen molar-refractivity contribution in [2.24, 2.45) is 5.73 Å². The SMILES string of the molecule is CCCC(C)(N)C(=O)NC1CC2(CCN(C)CC2)Oc2ccccc21.Cl. The highest BCUT2D eigenvalue weighted by Crippen LogP contribution is 2.44. The van der Waals surface area contributed by atoms with Crippen LogP contribution in [0.2, 0.25) is 0 Å². The Morgan fingerprint density at radius 2 is 2.04 bits per heavy atom. The molecule has 1 amide bonds. The molecule has 0 saturated carbocycles. The average molecular weight is 382 g/mol. The second kappa shape index (κ2) is 8.15. The Kier molecular flexibility index (Phi) is 6.59. The number of likely N-dealkylation sites (tertiary alicyclic amines) is 1. The quantitative estimate of drug-likeness (QED) is 0.841. The number of halogens is 1. The van der Waals surface area contributed by atoms with Gasteiger partial charge < -0.3 is 20.7 Å². The summed E-state index contributed by atoms with van der Waals surface area (Å²) < 4.78 is 6.44. The van der Waals surface area contributed by atoms with E-state index < -0.39 is 5.54 Å². The van der Waals surface area contributed by atoms with Crippen LogP contribution in [-0.2, 0) is 4.79 Å². The van der Waals surface area contributed by atoms with Gasteiger partial charge in [-0.05, 0) is 39.3 Å². The van der Waals surface area contributed by atoms with Crippen LogP contribution in [0.1, 0.15) is 57.6 Å². The molecule has 1 fully saturated rings. The number of amides is 1. The predicted octanol–water partition coefficient (Wildman–Crippen LogP) is 3.03. The highest BCUT2D eigenvalue weighted by atomic mass is 35.5. The maximum absolute atomic E-state index is 12.8. The van der Waals surface area contributed by atoms with Crippen LogP contribution in [0, 0.1) is 0 Å². The lowest BCUT2D eigenvalue weighted by Crippen LogP contribution is -2.55. The van der Waals surface area contributed by atoms with Gasteiger partial charge in [0.25, 0.3) is 0 Å². The van der Waals surface area contributed by atoms with Crippen LogP contribution in [0.15, 0.2) is 24.3 Å². The molecule has 1 aromatic carbocycles. The zero-order valence-electron chi connectivity index (χ0n) is 16.1. The van der Waals surface area contributed by atoms with Gasteiger partial charge in [-0.15, -0.1) is 12.4 Å². The Morgan fingerprint density at radius 1 is 1.38 bits per heavy atom. The topological polar surface area (TPSA) is 67.6 Å². The summed E-state index contributed by atoms with van der Waals surface area (Å²) in [6.45, 7) is 5.92. The summed E-state index contributed by atoms with van der Waals surface area (Å²) in [5.41, 5.74) is 6.29. The number of ether oxygens (including phenoxy) is 1. The Labute approximate surface area is 163 Å². The van der Waals surface area contributed by atoms with Crippen molar-refractivity contribution in [2.75, 3.05) is 20.1 Å². The van der Waals surface area contributed by atoms with E-state index in [1.54, 1.807) is 0 Å². The number of fused-ring (bicyclic) bond motifs is 1. The first-order chi connectivity index (χ1) is 11.9. The summed E-state index contributed by atoms with van der Waals surface area (Å²) in [6, 6.07) is 8.02. The normalized spacial score (nSPS) is 23.9. The minimum absolute atomic E-state index is 0. The predicted molar refractivity (Wildman–Crippen MR) is 107 cm³/mol. The molecule has 26 heavy (non-hydrogen) atoms. The molecule has 2 aliphatic rings. The second-order valence-electron chi connectivity index (χ2n) is 8.02. The Bertz CT molecular complexity index is 627. The summed E-state index contributed by atoms with van der Waals surface area (Å²) >= 11 is 0. The number of nitrogens with two attached hydrogens (primary N) is 1. The van der Waals surface area contributed by atoms with Crippen LogP contribution in [0.25, 0.3) is 0 Å². The van der Waals surface area contributed by atoms with Crippen LogP contribution < -0.4 is 15.8 Å². The van der Waals surface area contributed by atoms with Gasteiger partial charge in [0.15, 0.2) is 0 Å². The van der Waals surface area contributed by atoms with Crippen molar-refractivity contribution in [3.05, 3.63) is 29.8 Å². The minimum Gasteiger partial charge on any atom is -0.487 e. The van der Waals surface area contributed by atoms with Gasteiger partial charge >= 0.3 is 0 Å². The lowest BCUT2D eigenvalue weighted by molar-refractivity contribution is -0.127. The molecule has 0 bridgehead atoms. The molecule has 0 radical (unpaired) electrons. The van der Waals surface area contributed by atoms with Crippen LogP contribution in [0.3, 0.4) is 0 Å². The maximum Gasteiger partial charge on any atom is 0.240 e. The molecule has 3 N–H and O–H groups in total. The molecule has 6 heteroatoms. The first-order valence-corrected chi connectivity index (χ1v) is 9.41. The van der Waals surface area contributed by atoms with E-state index in [-0.39, 0.29) is 30.0 Å². The summed E-state index contributed by atoms with van der Waals surface area (Å²) in [5, 5.41) is 3.23. The molecule has 5 nitrogen and oxygen atoms in total. The van der Waals surface area contributed by atoms with Crippen LogP contribution in [0.5, 0.6) is 5.75 Å². The Morgan fingerprint density at radius 3 is 2.69 bits per heavy atom. The van der Waals surface area contributed by atoms with Crippen molar-refractivity contribution in [2.45, 2.75) is 63.1 Å². The largest absolute Gasteiger partial charge is 0.487 e. The third kappa shape index (κ3) is 4.33. The maximum atomic E-state index is 12.8. The van der Waals surface area contributed by atoms with Crippen molar-refractivity contribution in [3.8, 4) is 5.75 Å². The highest BCUT2D eigenvalue weighted by Gasteiger charge is 2.44. The van der Waals surface area contributed by atoms with Gasteiger partial charge in [-0.2, -0.15) is 0 Å². The van der Waals surface area contributed by atoms with E-state index in [0.29, 0.717) is 6.42 Å². The van der Waals surface area contributed by atoms with Crippen molar-refractivity contribution in [1.82, 2.24) is 10.2 Å². The van der Waals surface area contributed by atoms with Crippen molar-refractivity contribution in [1.29, 1.82) is 0 Å². The number of carbonyl (C=O) groups excluding carboxylic acids is 1. The molecule has 2 atom stereocenters. The fraction of sp³-hybridized carbons (Fsp3) is 0.650. The van der Waals surface area contributed by atoms with E-state index in [9.17, 15) is 4.79 Å². The van der Waals surface area contributed by atoms with E-state index in [2.05, 4.69) is 30.3 Å². The number of hydrogen-bond acceptors (Lipinski definition) is 4. The van der Waals surface area contributed by atoms with Crippen molar-refractivity contribution in [3.63, 3.8) is 0 Å². The summed E-state index contributed by atoms with van der Waals surface area (Å²) in [6.07, 6.45) is 4.35. The molecule has 0 aliphatic carbocycles. The molecule has 2 aliphatic heterocycles.